The van der Waals surface area contributed by atoms with Crippen molar-refractivity contribution in [3.05, 3.63) is 88.6 Å². The van der Waals surface area contributed by atoms with E-state index in [2.05, 4.69) is 16.3 Å². The molecule has 1 atom stereocenters. The van der Waals surface area contributed by atoms with Gasteiger partial charge in [0.05, 0.1) is 12.0 Å². The molecule has 0 radical (unpaired) electrons. The number of likely N-dealkylation sites (tertiary alicyclic amines) is 1. The van der Waals surface area contributed by atoms with Crippen LogP contribution in [-0.2, 0) is 30.9 Å². The molecule has 0 bridgehead atoms. The first-order valence-electron chi connectivity index (χ1n) is 14.1. The zero-order chi connectivity index (χ0) is 30.0. The van der Waals surface area contributed by atoms with Gasteiger partial charge >= 0.3 is 12.1 Å². The molecule has 0 aliphatic carbocycles. The normalized spacial score (nSPS) is 15.3. The van der Waals surface area contributed by atoms with Gasteiger partial charge in [0.15, 0.2) is 0 Å². The van der Waals surface area contributed by atoms with Crippen LogP contribution in [0.5, 0.6) is 0 Å². The van der Waals surface area contributed by atoms with Gasteiger partial charge in [-0.2, -0.15) is 11.3 Å². The lowest BCUT2D eigenvalue weighted by Gasteiger charge is -2.38. The number of esters is 1. The summed E-state index contributed by atoms with van der Waals surface area (Å²) in [6.45, 7) is 2.66. The summed E-state index contributed by atoms with van der Waals surface area (Å²) in [6, 6.07) is 19.9. The molecule has 9 nitrogen and oxygen atoms in total. The van der Waals surface area contributed by atoms with E-state index in [1.165, 1.54) is 16.3 Å². The molecule has 1 amide bonds. The number of thiophene rings is 1. The third-order valence-electron chi connectivity index (χ3n) is 7.70. The van der Waals surface area contributed by atoms with Crippen molar-refractivity contribution in [3.8, 4) is 0 Å². The zero-order valence-electron chi connectivity index (χ0n) is 24.1. The summed E-state index contributed by atoms with van der Waals surface area (Å²) in [6.07, 6.45) is 1.66. The van der Waals surface area contributed by atoms with Crippen LogP contribution >= 0.6 is 11.3 Å². The predicted molar refractivity (Wildman–Crippen MR) is 163 cm³/mol. The lowest BCUT2D eigenvalue weighted by Crippen LogP contribution is -2.49. The van der Waals surface area contributed by atoms with Crippen molar-refractivity contribution in [2.24, 2.45) is 0 Å². The highest BCUT2D eigenvalue weighted by Crippen LogP contribution is 2.27. The molecule has 4 rings (SSSR count). The minimum absolute atomic E-state index is 0.0428. The average Bonchev–Trinajstić information content (AvgIpc) is 3.57. The number of likely N-dealkylation sites (N-methyl/N-ethyl adjacent to an activating group) is 1. The number of ether oxygens (including phenoxy) is 2. The predicted octanol–water partition coefficient (Wildman–Crippen LogP) is 4.82. The Balaban J connectivity index is 1.33. The van der Waals surface area contributed by atoms with Crippen LogP contribution in [0.1, 0.15) is 36.3 Å². The third kappa shape index (κ3) is 8.64. The van der Waals surface area contributed by atoms with Gasteiger partial charge in [-0.25, -0.2) is 17.5 Å². The smallest absolute Gasteiger partial charge is 0.410 e. The minimum atomic E-state index is -3.59. The van der Waals surface area contributed by atoms with Gasteiger partial charge in [0.25, 0.3) is 0 Å². The minimum Gasteiger partial charge on any atom is -0.468 e. The fraction of sp³-hybridized carbons (Fsp3) is 0.419. The van der Waals surface area contributed by atoms with E-state index in [1.54, 1.807) is 48.7 Å². The van der Waals surface area contributed by atoms with Crippen molar-refractivity contribution in [1.29, 1.82) is 0 Å². The van der Waals surface area contributed by atoms with Gasteiger partial charge in [-0.1, -0.05) is 48.5 Å². The molecule has 0 saturated carbocycles. The van der Waals surface area contributed by atoms with Gasteiger partial charge in [0, 0.05) is 32.7 Å². The maximum absolute atomic E-state index is 13.2. The molecule has 11 heteroatoms. The Morgan fingerprint density at radius 1 is 1.02 bits per heavy atom. The molecule has 3 aromatic rings. The molecule has 1 aromatic heterocycles. The van der Waals surface area contributed by atoms with E-state index in [0.717, 1.165) is 37.2 Å². The van der Waals surface area contributed by atoms with Crippen LogP contribution in [0.25, 0.3) is 0 Å². The van der Waals surface area contributed by atoms with Crippen LogP contribution in [-0.4, -0.2) is 87.5 Å². The Kier molecular flexibility index (Phi) is 11.5. The second-order valence-corrected chi connectivity index (χ2v) is 13.3. The Bertz CT molecular complexity index is 1360. The van der Waals surface area contributed by atoms with Gasteiger partial charge < -0.3 is 14.4 Å². The second kappa shape index (κ2) is 15.3. The van der Waals surface area contributed by atoms with E-state index in [0.29, 0.717) is 19.4 Å². The van der Waals surface area contributed by atoms with Gasteiger partial charge in [-0.05, 0) is 71.8 Å². The zero-order valence-corrected chi connectivity index (χ0v) is 25.8. The SMILES string of the molecule is COC(=O)CN(C(=O)OCc1ccccc1)C1CCN(CCC(CN(C)S(=O)(=O)c2ccccc2)c2ccsc2)CC1. The molecule has 42 heavy (non-hydrogen) atoms. The van der Waals surface area contributed by atoms with E-state index in [4.69, 9.17) is 9.47 Å². The summed E-state index contributed by atoms with van der Waals surface area (Å²) in [5.41, 5.74) is 2.01. The summed E-state index contributed by atoms with van der Waals surface area (Å²) in [4.78, 5) is 29.2. The molecule has 1 aliphatic heterocycles. The topological polar surface area (TPSA) is 96.5 Å². The van der Waals surface area contributed by atoms with Crippen LogP contribution in [0, 0.1) is 0 Å². The molecule has 226 valence electrons. The van der Waals surface area contributed by atoms with Crippen LogP contribution in [0.2, 0.25) is 0 Å². The highest BCUT2D eigenvalue weighted by Gasteiger charge is 2.31. The molecular formula is C31H39N3O6S2. The van der Waals surface area contributed by atoms with Crippen molar-refractivity contribution in [2.75, 3.05) is 46.9 Å². The molecule has 1 saturated heterocycles. The molecule has 1 aliphatic rings. The van der Waals surface area contributed by atoms with Crippen molar-refractivity contribution in [3.63, 3.8) is 0 Å². The summed E-state index contributed by atoms with van der Waals surface area (Å²) >= 11 is 1.61. The number of methoxy groups -OCH3 is 1. The number of piperidine rings is 1. The highest BCUT2D eigenvalue weighted by molar-refractivity contribution is 7.89. The number of benzene rings is 2. The van der Waals surface area contributed by atoms with Crippen molar-refractivity contribution >= 4 is 33.4 Å². The van der Waals surface area contributed by atoms with Crippen LogP contribution < -0.4 is 0 Å². The van der Waals surface area contributed by atoms with Crippen molar-refractivity contribution in [1.82, 2.24) is 14.1 Å². The maximum atomic E-state index is 13.2. The molecule has 0 spiro atoms. The summed E-state index contributed by atoms with van der Waals surface area (Å²) in [7, 11) is -0.643. The van der Waals surface area contributed by atoms with Gasteiger partial charge in [0.2, 0.25) is 10.0 Å². The number of hydrogen-bond donors (Lipinski definition) is 0. The lowest BCUT2D eigenvalue weighted by molar-refractivity contribution is -0.142. The van der Waals surface area contributed by atoms with Gasteiger partial charge in [-0.3, -0.25) is 9.69 Å². The average molecular weight is 614 g/mol. The number of nitrogens with zero attached hydrogens (tertiary/aromatic N) is 3. The molecule has 1 fully saturated rings. The number of sulfonamides is 1. The molecule has 2 aromatic carbocycles. The van der Waals surface area contributed by atoms with Crippen LogP contribution in [0.3, 0.4) is 0 Å². The molecule has 1 unspecified atom stereocenters. The first kappa shape index (κ1) is 31.7. The quantitative estimate of drug-likeness (QED) is 0.255. The number of rotatable bonds is 13. The van der Waals surface area contributed by atoms with E-state index in [-0.39, 0.29) is 30.0 Å². The maximum Gasteiger partial charge on any atom is 0.410 e. The molecular weight excluding hydrogens is 574 g/mol. The van der Waals surface area contributed by atoms with Crippen molar-refractivity contribution < 1.29 is 27.5 Å². The van der Waals surface area contributed by atoms with E-state index >= 15 is 0 Å². The number of hydrogen-bond acceptors (Lipinski definition) is 8. The highest BCUT2D eigenvalue weighted by atomic mass is 32.2. The monoisotopic (exact) mass is 613 g/mol. The first-order chi connectivity index (χ1) is 20.3. The third-order valence-corrected chi connectivity index (χ3v) is 10.2. The number of amides is 1. The van der Waals surface area contributed by atoms with E-state index in [9.17, 15) is 18.0 Å². The number of carbonyl (C=O) groups is 2. The Morgan fingerprint density at radius 2 is 1.69 bits per heavy atom. The Morgan fingerprint density at radius 3 is 2.31 bits per heavy atom. The van der Waals surface area contributed by atoms with E-state index < -0.39 is 22.1 Å². The standard InChI is InChI=1S/C31H39N3O6S2/c1-32(42(37,38)29-11-7-4-8-12-29)21-26(27-16-20-41-24-27)13-17-33-18-14-28(15-19-33)34(22-30(35)39-2)31(36)40-23-25-9-5-3-6-10-25/h3-12,16,20,24,26,28H,13-15,17-19,21-23H2,1-2H3. The number of carbonyl (C=O) groups excluding carboxylic acids is 2. The summed E-state index contributed by atoms with van der Waals surface area (Å²) < 4.78 is 38.2. The molecule has 2 heterocycles. The van der Waals surface area contributed by atoms with E-state index in [1.807, 2.05) is 35.7 Å². The Labute approximate surface area is 252 Å². The van der Waals surface area contributed by atoms with Crippen LogP contribution in [0.15, 0.2) is 82.4 Å². The fourth-order valence-corrected chi connectivity index (χ4v) is 7.17. The fourth-order valence-electron chi connectivity index (χ4n) is 5.19. The van der Waals surface area contributed by atoms with Gasteiger partial charge in [-0.15, -0.1) is 0 Å². The second-order valence-electron chi connectivity index (χ2n) is 10.5. The summed E-state index contributed by atoms with van der Waals surface area (Å²) in [5, 5.41) is 4.11. The Hall–Kier alpha value is -3.25. The largest absolute Gasteiger partial charge is 0.468 e. The lowest BCUT2D eigenvalue weighted by atomic mass is 9.97. The van der Waals surface area contributed by atoms with Crippen molar-refractivity contribution in [2.45, 2.75) is 42.7 Å². The van der Waals surface area contributed by atoms with Gasteiger partial charge in [0.1, 0.15) is 13.2 Å². The first-order valence-corrected chi connectivity index (χ1v) is 16.5. The molecule has 0 N–H and O–H groups in total. The summed E-state index contributed by atoms with van der Waals surface area (Å²) in [5.74, 6) is -0.441. The van der Waals surface area contributed by atoms with Crippen LogP contribution in [0.4, 0.5) is 4.79 Å².